The average molecular weight is 217 g/mol. The van der Waals surface area contributed by atoms with Crippen molar-refractivity contribution >= 4 is 5.97 Å². The van der Waals surface area contributed by atoms with Gasteiger partial charge in [0.25, 0.3) is 0 Å². The van der Waals surface area contributed by atoms with Gasteiger partial charge in [-0.25, -0.2) is 9.18 Å². The highest BCUT2D eigenvalue weighted by molar-refractivity contribution is 5.80. The van der Waals surface area contributed by atoms with Gasteiger partial charge in [-0.15, -0.1) is 0 Å². The van der Waals surface area contributed by atoms with Crippen LogP contribution < -0.4 is 5.32 Å². The predicted molar refractivity (Wildman–Crippen MR) is 51.1 cm³/mol. The first-order valence-corrected chi connectivity index (χ1v) is 5.24. The molecule has 0 spiro atoms. The number of rotatable bonds is 2. The second-order valence-electron chi connectivity index (χ2n) is 4.22. The van der Waals surface area contributed by atoms with E-state index in [4.69, 9.17) is 4.74 Å². The van der Waals surface area contributed by atoms with Gasteiger partial charge in [0.05, 0.1) is 7.11 Å². The van der Waals surface area contributed by atoms with Crippen molar-refractivity contribution in [3.8, 4) is 0 Å². The molecule has 2 aliphatic rings. The third-order valence-electron chi connectivity index (χ3n) is 3.39. The summed E-state index contributed by atoms with van der Waals surface area (Å²) >= 11 is 0. The molecule has 0 aromatic carbocycles. The molecule has 5 heteroatoms. The summed E-state index contributed by atoms with van der Waals surface area (Å²) in [5.41, 5.74) is -1.87. The van der Waals surface area contributed by atoms with Crippen LogP contribution in [0.25, 0.3) is 0 Å². The normalized spacial score (nSPS) is 40.7. The minimum atomic E-state index is -1.87. The maximum absolute atomic E-state index is 14.4. The highest BCUT2D eigenvalue weighted by Gasteiger charge is 2.54. The number of alkyl halides is 1. The minimum absolute atomic E-state index is 0.0564. The third-order valence-corrected chi connectivity index (χ3v) is 3.39. The standard InChI is InChI=1S/C10H16FNO3/c1-14-9(13)10(11)6-12-4-8(10)7-2-3-15-5-7/h7-8,12H,2-6H2,1H3. The molecule has 2 aliphatic heterocycles. The maximum Gasteiger partial charge on any atom is 0.345 e. The SMILES string of the molecule is COC(=O)C1(F)CNCC1C1CCOC1. The second kappa shape index (κ2) is 4.06. The van der Waals surface area contributed by atoms with Crippen LogP contribution in [-0.2, 0) is 14.3 Å². The number of hydrogen-bond acceptors (Lipinski definition) is 4. The van der Waals surface area contributed by atoms with Crippen LogP contribution in [0.5, 0.6) is 0 Å². The molecule has 2 saturated heterocycles. The largest absolute Gasteiger partial charge is 0.467 e. The van der Waals surface area contributed by atoms with Crippen LogP contribution in [-0.4, -0.2) is 45.1 Å². The van der Waals surface area contributed by atoms with Gasteiger partial charge >= 0.3 is 5.97 Å². The molecule has 0 amide bonds. The van der Waals surface area contributed by atoms with Crippen molar-refractivity contribution < 1.29 is 18.7 Å². The summed E-state index contributed by atoms with van der Waals surface area (Å²) in [6.07, 6.45) is 0.828. The molecular formula is C10H16FNO3. The number of esters is 1. The Hall–Kier alpha value is -0.680. The van der Waals surface area contributed by atoms with Gasteiger partial charge < -0.3 is 14.8 Å². The van der Waals surface area contributed by atoms with Crippen LogP contribution in [0.3, 0.4) is 0 Å². The number of methoxy groups -OCH3 is 1. The predicted octanol–water partition coefficient (Wildman–Crippen LogP) is 0.124. The fourth-order valence-corrected chi connectivity index (χ4v) is 2.51. The molecule has 0 saturated carbocycles. The number of hydrogen-bond donors (Lipinski definition) is 1. The van der Waals surface area contributed by atoms with Crippen LogP contribution in [0.2, 0.25) is 0 Å². The molecule has 3 atom stereocenters. The molecular weight excluding hydrogens is 201 g/mol. The van der Waals surface area contributed by atoms with Gasteiger partial charge in [0, 0.05) is 32.2 Å². The third kappa shape index (κ3) is 1.74. The van der Waals surface area contributed by atoms with E-state index >= 15 is 0 Å². The van der Waals surface area contributed by atoms with Gasteiger partial charge in [0.15, 0.2) is 0 Å². The van der Waals surface area contributed by atoms with Crippen LogP contribution >= 0.6 is 0 Å². The molecule has 15 heavy (non-hydrogen) atoms. The van der Waals surface area contributed by atoms with E-state index in [0.717, 1.165) is 6.42 Å². The Morgan fingerprint density at radius 1 is 1.67 bits per heavy atom. The zero-order valence-corrected chi connectivity index (χ0v) is 8.79. The van der Waals surface area contributed by atoms with Crippen molar-refractivity contribution in [2.75, 3.05) is 33.4 Å². The van der Waals surface area contributed by atoms with Gasteiger partial charge in [0.2, 0.25) is 5.67 Å². The van der Waals surface area contributed by atoms with Crippen molar-refractivity contribution in [2.24, 2.45) is 11.8 Å². The van der Waals surface area contributed by atoms with E-state index in [-0.39, 0.29) is 18.4 Å². The summed E-state index contributed by atoms with van der Waals surface area (Å²) < 4.78 is 24.2. The summed E-state index contributed by atoms with van der Waals surface area (Å²) in [6, 6.07) is 0. The summed E-state index contributed by atoms with van der Waals surface area (Å²) in [6.45, 7) is 1.80. The van der Waals surface area contributed by atoms with Crippen LogP contribution in [0.15, 0.2) is 0 Å². The lowest BCUT2D eigenvalue weighted by molar-refractivity contribution is -0.157. The monoisotopic (exact) mass is 217 g/mol. The van der Waals surface area contributed by atoms with Crippen LogP contribution in [0.1, 0.15) is 6.42 Å². The molecule has 2 rings (SSSR count). The van der Waals surface area contributed by atoms with Crippen molar-refractivity contribution in [1.82, 2.24) is 5.32 Å². The highest BCUT2D eigenvalue weighted by Crippen LogP contribution is 2.37. The summed E-state index contributed by atoms with van der Waals surface area (Å²) in [7, 11) is 1.23. The molecule has 0 aromatic heterocycles. The smallest absolute Gasteiger partial charge is 0.345 e. The van der Waals surface area contributed by atoms with E-state index in [1.54, 1.807) is 0 Å². The van der Waals surface area contributed by atoms with Crippen LogP contribution in [0, 0.1) is 11.8 Å². The fraction of sp³-hybridized carbons (Fsp3) is 0.900. The first kappa shape index (κ1) is 10.8. The number of carbonyl (C=O) groups excluding carboxylic acids is 1. The lowest BCUT2D eigenvalue weighted by Crippen LogP contribution is -2.45. The number of halogens is 1. The summed E-state index contributed by atoms with van der Waals surface area (Å²) in [5.74, 6) is -0.944. The molecule has 4 nitrogen and oxygen atoms in total. The van der Waals surface area contributed by atoms with E-state index in [1.807, 2.05) is 0 Å². The molecule has 1 N–H and O–H groups in total. The Labute approximate surface area is 88.1 Å². The Balaban J connectivity index is 2.12. The minimum Gasteiger partial charge on any atom is -0.467 e. The Bertz CT molecular complexity index is 255. The fourth-order valence-electron chi connectivity index (χ4n) is 2.51. The molecule has 86 valence electrons. The van der Waals surface area contributed by atoms with Crippen molar-refractivity contribution in [3.63, 3.8) is 0 Å². The van der Waals surface area contributed by atoms with E-state index < -0.39 is 11.6 Å². The summed E-state index contributed by atoms with van der Waals surface area (Å²) in [4.78, 5) is 11.4. The molecule has 3 unspecified atom stereocenters. The Morgan fingerprint density at radius 3 is 3.07 bits per heavy atom. The molecule has 0 aromatic rings. The van der Waals surface area contributed by atoms with Crippen LogP contribution in [0.4, 0.5) is 4.39 Å². The van der Waals surface area contributed by atoms with Gasteiger partial charge in [-0.3, -0.25) is 0 Å². The topological polar surface area (TPSA) is 47.6 Å². The molecule has 0 bridgehead atoms. The molecule has 2 fully saturated rings. The molecule has 2 heterocycles. The Morgan fingerprint density at radius 2 is 2.47 bits per heavy atom. The zero-order chi connectivity index (χ0) is 10.9. The van der Waals surface area contributed by atoms with Crippen molar-refractivity contribution in [3.05, 3.63) is 0 Å². The van der Waals surface area contributed by atoms with Gasteiger partial charge in [-0.1, -0.05) is 0 Å². The summed E-state index contributed by atoms with van der Waals surface area (Å²) in [5, 5.41) is 2.92. The number of ether oxygens (including phenoxy) is 2. The Kier molecular flexibility index (Phi) is 2.93. The second-order valence-corrected chi connectivity index (χ2v) is 4.22. The average Bonchev–Trinajstić information content (AvgIpc) is 2.85. The quantitative estimate of drug-likeness (QED) is 0.668. The van der Waals surface area contributed by atoms with Gasteiger partial charge in [-0.05, 0) is 12.3 Å². The number of nitrogens with one attached hydrogen (secondary N) is 1. The first-order valence-electron chi connectivity index (χ1n) is 5.24. The zero-order valence-electron chi connectivity index (χ0n) is 8.79. The number of carbonyl (C=O) groups is 1. The van der Waals surface area contributed by atoms with E-state index in [0.29, 0.717) is 19.8 Å². The van der Waals surface area contributed by atoms with E-state index in [2.05, 4.69) is 10.1 Å². The molecule has 0 aliphatic carbocycles. The van der Waals surface area contributed by atoms with Crippen molar-refractivity contribution in [1.29, 1.82) is 0 Å². The first-order chi connectivity index (χ1) is 7.18. The maximum atomic E-state index is 14.4. The lowest BCUT2D eigenvalue weighted by atomic mass is 9.81. The van der Waals surface area contributed by atoms with Crippen molar-refractivity contribution in [2.45, 2.75) is 12.1 Å². The lowest BCUT2D eigenvalue weighted by Gasteiger charge is -2.27. The highest BCUT2D eigenvalue weighted by atomic mass is 19.1. The molecule has 0 radical (unpaired) electrons. The van der Waals surface area contributed by atoms with Gasteiger partial charge in [-0.2, -0.15) is 0 Å². The van der Waals surface area contributed by atoms with E-state index in [9.17, 15) is 9.18 Å². The van der Waals surface area contributed by atoms with Gasteiger partial charge in [0.1, 0.15) is 0 Å². The van der Waals surface area contributed by atoms with E-state index in [1.165, 1.54) is 7.11 Å².